The second-order valence-corrected chi connectivity index (χ2v) is 7.20. The van der Waals surface area contributed by atoms with E-state index in [0.717, 1.165) is 17.1 Å². The lowest BCUT2D eigenvalue weighted by Gasteiger charge is -2.26. The van der Waals surface area contributed by atoms with E-state index in [1.165, 1.54) is 0 Å². The minimum atomic E-state index is -0.151. The van der Waals surface area contributed by atoms with Gasteiger partial charge in [-0.25, -0.2) is 4.98 Å². The highest BCUT2D eigenvalue weighted by Gasteiger charge is 2.23. The van der Waals surface area contributed by atoms with Crippen molar-refractivity contribution < 1.29 is 9.53 Å². The van der Waals surface area contributed by atoms with Crippen LogP contribution < -0.4 is 5.32 Å². The number of nitrogens with zero attached hydrogens (tertiary/aromatic N) is 2. The van der Waals surface area contributed by atoms with Crippen LogP contribution in [-0.4, -0.2) is 28.1 Å². The number of benzene rings is 2. The Morgan fingerprint density at radius 1 is 1.19 bits per heavy atom. The lowest BCUT2D eigenvalue weighted by atomic mass is 10.1. The number of hydrogen-bond donors (Lipinski definition) is 1. The Hall–Kier alpha value is -2.34. The average Bonchev–Trinajstić information content (AvgIpc) is 3.10. The molecule has 2 aromatic carbocycles. The summed E-state index contributed by atoms with van der Waals surface area (Å²) in [5, 5.41) is 4.20. The summed E-state index contributed by atoms with van der Waals surface area (Å²) in [6.45, 7) is 1.42. The molecule has 0 spiro atoms. The summed E-state index contributed by atoms with van der Waals surface area (Å²) < 4.78 is 7.96. The van der Waals surface area contributed by atoms with Crippen molar-refractivity contribution in [3.05, 3.63) is 76.2 Å². The molecule has 2 heterocycles. The third-order valence-corrected chi connectivity index (χ3v) is 4.98. The number of carbonyl (C=O) groups is 1. The molecule has 4 rings (SSSR count). The quantitative estimate of drug-likeness (QED) is 0.712. The molecule has 27 heavy (non-hydrogen) atoms. The van der Waals surface area contributed by atoms with Crippen LogP contribution in [0.3, 0.4) is 0 Å². The van der Waals surface area contributed by atoms with E-state index >= 15 is 0 Å². The van der Waals surface area contributed by atoms with E-state index in [4.69, 9.17) is 27.9 Å². The zero-order chi connectivity index (χ0) is 18.8. The van der Waals surface area contributed by atoms with Gasteiger partial charge in [0.25, 0.3) is 5.91 Å². The lowest BCUT2D eigenvalue weighted by Crippen LogP contribution is -2.39. The Morgan fingerprint density at radius 3 is 2.78 bits per heavy atom. The van der Waals surface area contributed by atoms with Crippen LogP contribution in [0.25, 0.3) is 11.3 Å². The van der Waals surface area contributed by atoms with Gasteiger partial charge in [-0.1, -0.05) is 35.3 Å². The maximum atomic E-state index is 12.3. The number of hydrogen-bond acceptors (Lipinski definition) is 3. The molecule has 1 aromatic heterocycles. The number of amides is 1. The van der Waals surface area contributed by atoms with E-state index < -0.39 is 0 Å². The smallest absolute Gasteiger partial charge is 0.251 e. The largest absolute Gasteiger partial charge is 0.367 e. The molecule has 0 radical (unpaired) electrons. The summed E-state index contributed by atoms with van der Waals surface area (Å²) in [6, 6.07) is 14.5. The highest BCUT2D eigenvalue weighted by atomic mass is 35.5. The fourth-order valence-corrected chi connectivity index (χ4v) is 3.41. The molecule has 7 heteroatoms. The van der Waals surface area contributed by atoms with Gasteiger partial charge in [0.05, 0.1) is 24.5 Å². The van der Waals surface area contributed by atoms with Gasteiger partial charge < -0.3 is 14.6 Å². The van der Waals surface area contributed by atoms with Crippen molar-refractivity contribution in [2.75, 3.05) is 6.54 Å². The van der Waals surface area contributed by atoms with E-state index in [-0.39, 0.29) is 12.0 Å². The van der Waals surface area contributed by atoms with Crippen LogP contribution in [0.1, 0.15) is 16.2 Å². The predicted octanol–water partition coefficient (Wildman–Crippen LogP) is 4.19. The number of imidazole rings is 1. The van der Waals surface area contributed by atoms with E-state index in [0.29, 0.717) is 35.3 Å². The summed E-state index contributed by atoms with van der Waals surface area (Å²) in [4.78, 5) is 16.7. The number of halogens is 2. The molecule has 1 atom stereocenters. The van der Waals surface area contributed by atoms with Gasteiger partial charge in [0.1, 0.15) is 12.4 Å². The van der Waals surface area contributed by atoms with Gasteiger partial charge >= 0.3 is 0 Å². The van der Waals surface area contributed by atoms with Crippen LogP contribution in [0.2, 0.25) is 10.0 Å². The molecule has 1 aliphatic heterocycles. The fourth-order valence-electron chi connectivity index (χ4n) is 3.09. The van der Waals surface area contributed by atoms with Crippen LogP contribution in [0.5, 0.6) is 0 Å². The summed E-state index contributed by atoms with van der Waals surface area (Å²) in [6.07, 6.45) is 1.69. The minimum Gasteiger partial charge on any atom is -0.367 e. The third kappa shape index (κ3) is 4.00. The molecule has 3 aromatic rings. The summed E-state index contributed by atoms with van der Waals surface area (Å²) in [7, 11) is 0. The van der Waals surface area contributed by atoms with E-state index in [1.54, 1.807) is 24.3 Å². The van der Waals surface area contributed by atoms with Crippen LogP contribution in [0.15, 0.2) is 54.7 Å². The van der Waals surface area contributed by atoms with Gasteiger partial charge in [-0.15, -0.1) is 0 Å². The van der Waals surface area contributed by atoms with Gasteiger partial charge in [-0.2, -0.15) is 0 Å². The van der Waals surface area contributed by atoms with Gasteiger partial charge in [0.2, 0.25) is 0 Å². The van der Waals surface area contributed by atoms with Gasteiger partial charge in [0.15, 0.2) is 0 Å². The number of carbonyl (C=O) groups excluding carboxylic acids is 1. The highest BCUT2D eigenvalue weighted by molar-refractivity contribution is 6.31. The van der Waals surface area contributed by atoms with Crippen molar-refractivity contribution in [3.8, 4) is 11.3 Å². The molecule has 1 aliphatic rings. The number of nitrogens with one attached hydrogen (secondary N) is 1. The Bertz CT molecular complexity index is 970. The first-order valence-electron chi connectivity index (χ1n) is 8.56. The molecule has 0 saturated carbocycles. The van der Waals surface area contributed by atoms with Crippen LogP contribution in [-0.2, 0) is 17.9 Å². The molecule has 1 N–H and O–H groups in total. The number of ether oxygens (including phenoxy) is 1. The van der Waals surface area contributed by atoms with Crippen molar-refractivity contribution >= 4 is 29.1 Å². The van der Waals surface area contributed by atoms with Gasteiger partial charge in [0, 0.05) is 27.7 Å². The first-order valence-corrected chi connectivity index (χ1v) is 9.31. The summed E-state index contributed by atoms with van der Waals surface area (Å²) in [5.41, 5.74) is 2.56. The highest BCUT2D eigenvalue weighted by Crippen LogP contribution is 2.26. The molecule has 1 unspecified atom stereocenters. The van der Waals surface area contributed by atoms with Crippen molar-refractivity contribution in [2.45, 2.75) is 19.3 Å². The average molecular weight is 402 g/mol. The maximum Gasteiger partial charge on any atom is 0.251 e. The van der Waals surface area contributed by atoms with E-state index in [9.17, 15) is 4.79 Å². The minimum absolute atomic E-state index is 0.138. The standard InChI is InChI=1S/C20H17Cl2N3O2/c21-15-6-4-13(5-7-15)20(26)24-9-17-11-25-18(10-23-19(25)12-27-17)14-2-1-3-16(22)8-14/h1-8,10,17H,9,11-12H2,(H,24,26). The Labute approximate surface area is 166 Å². The first kappa shape index (κ1) is 18.0. The van der Waals surface area contributed by atoms with Crippen molar-refractivity contribution in [2.24, 2.45) is 0 Å². The molecule has 1 amide bonds. The first-order chi connectivity index (χ1) is 13.1. The molecular formula is C20H17Cl2N3O2. The molecule has 0 aliphatic carbocycles. The van der Waals surface area contributed by atoms with Crippen molar-refractivity contribution in [1.29, 1.82) is 0 Å². The van der Waals surface area contributed by atoms with Crippen molar-refractivity contribution in [3.63, 3.8) is 0 Å². The lowest BCUT2D eigenvalue weighted by molar-refractivity contribution is 0.00374. The molecule has 138 valence electrons. The Balaban J connectivity index is 1.44. The van der Waals surface area contributed by atoms with Crippen LogP contribution >= 0.6 is 23.2 Å². The fraction of sp³-hybridized carbons (Fsp3) is 0.200. The Kier molecular flexibility index (Phi) is 5.16. The van der Waals surface area contributed by atoms with Gasteiger partial charge in [-0.3, -0.25) is 4.79 Å². The SMILES string of the molecule is O=C(NCC1Cn2c(-c3cccc(Cl)c3)cnc2CO1)c1ccc(Cl)cc1. The van der Waals surface area contributed by atoms with Gasteiger partial charge in [-0.05, 0) is 36.4 Å². The summed E-state index contributed by atoms with van der Waals surface area (Å²) in [5.74, 6) is 0.715. The topological polar surface area (TPSA) is 56.2 Å². The zero-order valence-electron chi connectivity index (χ0n) is 14.4. The molecule has 5 nitrogen and oxygen atoms in total. The monoisotopic (exact) mass is 401 g/mol. The molecule has 0 saturated heterocycles. The second-order valence-electron chi connectivity index (χ2n) is 6.33. The van der Waals surface area contributed by atoms with Crippen molar-refractivity contribution in [1.82, 2.24) is 14.9 Å². The zero-order valence-corrected chi connectivity index (χ0v) is 15.9. The van der Waals surface area contributed by atoms with E-state index in [1.807, 2.05) is 30.5 Å². The normalized spacial score (nSPS) is 16.0. The predicted molar refractivity (Wildman–Crippen MR) is 105 cm³/mol. The van der Waals surface area contributed by atoms with Crippen LogP contribution in [0.4, 0.5) is 0 Å². The maximum absolute atomic E-state index is 12.3. The second kappa shape index (κ2) is 7.72. The number of aromatic nitrogens is 2. The molecule has 0 fully saturated rings. The molecule has 0 bridgehead atoms. The third-order valence-electron chi connectivity index (χ3n) is 4.49. The van der Waals surface area contributed by atoms with E-state index in [2.05, 4.69) is 14.9 Å². The number of fused-ring (bicyclic) bond motifs is 1. The molecular weight excluding hydrogens is 385 g/mol. The number of rotatable bonds is 4. The van der Waals surface area contributed by atoms with Crippen LogP contribution in [0, 0.1) is 0 Å². The summed E-state index contributed by atoms with van der Waals surface area (Å²) >= 11 is 12.0. The Morgan fingerprint density at radius 2 is 2.00 bits per heavy atom.